The van der Waals surface area contributed by atoms with Crippen LogP contribution in [0.5, 0.6) is 0 Å². The third kappa shape index (κ3) is 3.48. The van der Waals surface area contributed by atoms with Gasteiger partial charge in [0.15, 0.2) is 0 Å². The fourth-order valence-corrected chi connectivity index (χ4v) is 4.25. The van der Waals surface area contributed by atoms with E-state index in [4.69, 9.17) is 11.6 Å². The molecule has 4 nitrogen and oxygen atoms in total. The van der Waals surface area contributed by atoms with Crippen LogP contribution in [0.3, 0.4) is 0 Å². The van der Waals surface area contributed by atoms with Gasteiger partial charge in [0.25, 0.3) is 0 Å². The third-order valence-electron chi connectivity index (χ3n) is 3.57. The Labute approximate surface area is 118 Å². The molecule has 6 heteroatoms. The monoisotopic (exact) mass is 303 g/mol. The Balaban J connectivity index is 2.25. The predicted molar refractivity (Wildman–Crippen MR) is 74.7 cm³/mol. The number of halogens is 1. The average Bonchev–Trinajstić information content (AvgIpc) is 2.39. The van der Waals surface area contributed by atoms with E-state index >= 15 is 0 Å². The second-order valence-electron chi connectivity index (χ2n) is 5.06. The van der Waals surface area contributed by atoms with Crippen molar-refractivity contribution in [3.05, 3.63) is 29.3 Å². The van der Waals surface area contributed by atoms with Gasteiger partial charge in [0.05, 0.1) is 17.0 Å². The van der Waals surface area contributed by atoms with Crippen LogP contribution in [0.15, 0.2) is 29.2 Å². The van der Waals surface area contributed by atoms with Crippen molar-refractivity contribution in [3.8, 4) is 0 Å². The van der Waals surface area contributed by atoms with E-state index in [1.54, 1.807) is 12.1 Å². The highest BCUT2D eigenvalue weighted by atomic mass is 35.5. The Morgan fingerprint density at radius 2 is 1.95 bits per heavy atom. The highest BCUT2D eigenvalue weighted by Gasteiger charge is 2.35. The van der Waals surface area contributed by atoms with E-state index in [0.717, 1.165) is 19.3 Å². The number of hydrogen-bond acceptors (Lipinski definition) is 3. The zero-order chi connectivity index (χ0) is 13.9. The lowest BCUT2D eigenvalue weighted by atomic mass is 9.83. The first kappa shape index (κ1) is 14.8. The minimum Gasteiger partial charge on any atom is -0.394 e. The van der Waals surface area contributed by atoms with Gasteiger partial charge in [0.1, 0.15) is 0 Å². The summed E-state index contributed by atoms with van der Waals surface area (Å²) in [5.41, 5.74) is -0.723. The lowest BCUT2D eigenvalue weighted by Crippen LogP contribution is -2.52. The molecule has 0 radical (unpaired) electrons. The number of sulfonamides is 1. The zero-order valence-electron chi connectivity index (χ0n) is 10.6. The van der Waals surface area contributed by atoms with Gasteiger partial charge in [0.2, 0.25) is 10.0 Å². The first-order valence-electron chi connectivity index (χ1n) is 6.38. The van der Waals surface area contributed by atoms with Crippen molar-refractivity contribution in [1.29, 1.82) is 0 Å². The molecule has 1 aliphatic carbocycles. The van der Waals surface area contributed by atoms with Gasteiger partial charge in [-0.1, -0.05) is 36.9 Å². The minimum atomic E-state index is -3.65. The summed E-state index contributed by atoms with van der Waals surface area (Å²) >= 11 is 5.82. The van der Waals surface area contributed by atoms with Crippen LogP contribution in [0.4, 0.5) is 0 Å². The first-order chi connectivity index (χ1) is 8.97. The third-order valence-corrected chi connectivity index (χ3v) is 5.38. The quantitative estimate of drug-likeness (QED) is 0.897. The van der Waals surface area contributed by atoms with E-state index in [1.165, 1.54) is 12.1 Å². The summed E-state index contributed by atoms with van der Waals surface area (Å²) in [7, 11) is -3.65. The molecule has 0 spiro atoms. The molecule has 19 heavy (non-hydrogen) atoms. The van der Waals surface area contributed by atoms with E-state index in [0.29, 0.717) is 17.9 Å². The second kappa shape index (κ2) is 5.79. The number of aliphatic hydroxyl groups is 1. The van der Waals surface area contributed by atoms with Crippen molar-refractivity contribution in [1.82, 2.24) is 4.72 Å². The maximum absolute atomic E-state index is 12.3. The molecule has 1 aliphatic rings. The van der Waals surface area contributed by atoms with Crippen molar-refractivity contribution in [3.63, 3.8) is 0 Å². The van der Waals surface area contributed by atoms with E-state index in [2.05, 4.69) is 4.72 Å². The molecule has 0 unspecified atom stereocenters. The molecule has 1 saturated carbocycles. The molecule has 0 aliphatic heterocycles. The van der Waals surface area contributed by atoms with Crippen LogP contribution in [0.25, 0.3) is 0 Å². The van der Waals surface area contributed by atoms with Crippen molar-refractivity contribution in [2.45, 2.75) is 42.5 Å². The fourth-order valence-electron chi connectivity index (χ4n) is 2.50. The Kier molecular flexibility index (Phi) is 4.50. The van der Waals surface area contributed by atoms with Gasteiger partial charge < -0.3 is 5.11 Å². The van der Waals surface area contributed by atoms with Crippen molar-refractivity contribution in [2.24, 2.45) is 0 Å². The van der Waals surface area contributed by atoms with Gasteiger partial charge in [0, 0.05) is 5.02 Å². The predicted octanol–water partition coefficient (Wildman–Crippen LogP) is 2.31. The molecule has 1 aromatic carbocycles. The SMILES string of the molecule is O=S(=O)(NC1(CO)CCCCC1)c1cccc(Cl)c1. The molecule has 0 saturated heterocycles. The molecule has 0 atom stereocenters. The van der Waals surface area contributed by atoms with Crippen LogP contribution in [0.2, 0.25) is 5.02 Å². The van der Waals surface area contributed by atoms with Gasteiger partial charge in [-0.25, -0.2) is 13.1 Å². The van der Waals surface area contributed by atoms with Crippen molar-refractivity contribution >= 4 is 21.6 Å². The van der Waals surface area contributed by atoms with E-state index in [-0.39, 0.29) is 11.5 Å². The van der Waals surface area contributed by atoms with Crippen LogP contribution in [-0.2, 0) is 10.0 Å². The maximum Gasteiger partial charge on any atom is 0.241 e. The second-order valence-corrected chi connectivity index (χ2v) is 7.18. The van der Waals surface area contributed by atoms with Crippen LogP contribution < -0.4 is 4.72 Å². The van der Waals surface area contributed by atoms with Crippen molar-refractivity contribution in [2.75, 3.05) is 6.61 Å². The summed E-state index contributed by atoms with van der Waals surface area (Å²) in [6.07, 6.45) is 4.28. The summed E-state index contributed by atoms with van der Waals surface area (Å²) in [4.78, 5) is 0.137. The van der Waals surface area contributed by atoms with Gasteiger partial charge in [-0.2, -0.15) is 0 Å². The van der Waals surface area contributed by atoms with E-state index in [9.17, 15) is 13.5 Å². The fraction of sp³-hybridized carbons (Fsp3) is 0.538. The molecule has 1 fully saturated rings. The Morgan fingerprint density at radius 3 is 2.53 bits per heavy atom. The van der Waals surface area contributed by atoms with Crippen molar-refractivity contribution < 1.29 is 13.5 Å². The highest BCUT2D eigenvalue weighted by molar-refractivity contribution is 7.89. The normalized spacial score (nSPS) is 19.3. The van der Waals surface area contributed by atoms with Crippen LogP contribution in [-0.4, -0.2) is 25.7 Å². The number of nitrogens with one attached hydrogen (secondary N) is 1. The molecule has 106 valence electrons. The molecular formula is C13H18ClNO3S. The maximum atomic E-state index is 12.3. The molecular weight excluding hydrogens is 286 g/mol. The highest BCUT2D eigenvalue weighted by Crippen LogP contribution is 2.29. The molecule has 0 bridgehead atoms. The minimum absolute atomic E-state index is 0.137. The van der Waals surface area contributed by atoms with Gasteiger partial charge in [-0.15, -0.1) is 0 Å². The lowest BCUT2D eigenvalue weighted by Gasteiger charge is -2.36. The molecule has 1 aromatic rings. The summed E-state index contributed by atoms with van der Waals surface area (Å²) in [5.74, 6) is 0. The Hall–Kier alpha value is -0.620. The van der Waals surface area contributed by atoms with Gasteiger partial charge >= 0.3 is 0 Å². The summed E-state index contributed by atoms with van der Waals surface area (Å²) in [6, 6.07) is 6.15. The Bertz CT molecular complexity index is 539. The standard InChI is InChI=1S/C13H18ClNO3S/c14-11-5-4-6-12(9-11)19(17,18)15-13(10-16)7-2-1-3-8-13/h4-6,9,15-16H,1-3,7-8,10H2. The number of hydrogen-bond donors (Lipinski definition) is 2. The molecule has 2 N–H and O–H groups in total. The number of aliphatic hydroxyl groups excluding tert-OH is 1. The summed E-state index contributed by atoms with van der Waals surface area (Å²) in [6.45, 7) is -0.174. The molecule has 0 heterocycles. The largest absolute Gasteiger partial charge is 0.394 e. The number of benzene rings is 1. The smallest absolute Gasteiger partial charge is 0.241 e. The molecule has 0 aromatic heterocycles. The topological polar surface area (TPSA) is 66.4 Å². The first-order valence-corrected chi connectivity index (χ1v) is 8.24. The van der Waals surface area contributed by atoms with E-state index < -0.39 is 15.6 Å². The van der Waals surface area contributed by atoms with E-state index in [1.807, 2.05) is 0 Å². The lowest BCUT2D eigenvalue weighted by molar-refractivity contribution is 0.142. The summed E-state index contributed by atoms with van der Waals surface area (Å²) in [5, 5.41) is 9.93. The van der Waals surface area contributed by atoms with Gasteiger partial charge in [-0.05, 0) is 31.0 Å². The molecule has 0 amide bonds. The zero-order valence-corrected chi connectivity index (χ0v) is 12.2. The van der Waals surface area contributed by atoms with Crippen LogP contribution >= 0.6 is 11.6 Å². The van der Waals surface area contributed by atoms with Gasteiger partial charge in [-0.3, -0.25) is 0 Å². The number of rotatable bonds is 4. The summed E-state index contributed by atoms with van der Waals surface area (Å²) < 4.78 is 27.3. The van der Waals surface area contributed by atoms with Crippen LogP contribution in [0.1, 0.15) is 32.1 Å². The molecule has 2 rings (SSSR count). The Morgan fingerprint density at radius 1 is 1.26 bits per heavy atom. The van der Waals surface area contributed by atoms with Crippen LogP contribution in [0, 0.1) is 0 Å². The average molecular weight is 304 g/mol.